The highest BCUT2D eigenvalue weighted by molar-refractivity contribution is 14.1. The average molecular weight is 638 g/mol. The second-order valence-corrected chi connectivity index (χ2v) is 10.6. The Kier molecular flexibility index (Phi) is 5.66. The molecule has 4 atom stereocenters. The first-order valence-corrected chi connectivity index (χ1v) is 12.4. The van der Waals surface area contributed by atoms with E-state index in [2.05, 4.69) is 87.6 Å². The topological polar surface area (TPSA) is 59.0 Å². The third-order valence-corrected chi connectivity index (χ3v) is 7.86. The number of halogens is 2. The Morgan fingerprint density at radius 1 is 1.06 bits per heavy atom. The fraction of sp³-hybridized carbons (Fsp3) is 0.292. The molecule has 7 heteroatoms. The molecule has 2 aromatic carbocycles. The molecule has 2 amide bonds. The third kappa shape index (κ3) is 3.83. The summed E-state index contributed by atoms with van der Waals surface area (Å²) in [6.45, 7) is 2.56. The largest absolute Gasteiger partial charge is 0.487 e. The number of carbonyl (C=O) groups excluding carboxylic acids is 2. The van der Waals surface area contributed by atoms with E-state index in [9.17, 15) is 9.59 Å². The molecule has 5 nitrogen and oxygen atoms in total. The van der Waals surface area contributed by atoms with Gasteiger partial charge < -0.3 is 4.74 Å². The van der Waals surface area contributed by atoms with E-state index in [-0.39, 0.29) is 35.5 Å². The number of hydrazone groups is 1. The smallest absolute Gasteiger partial charge is 0.254 e. The number of hydrogen-bond acceptors (Lipinski definition) is 4. The van der Waals surface area contributed by atoms with Crippen LogP contribution in [0, 0.1) is 37.7 Å². The van der Waals surface area contributed by atoms with Crippen LogP contribution in [-0.4, -0.2) is 23.0 Å². The van der Waals surface area contributed by atoms with Gasteiger partial charge in [0.1, 0.15) is 12.4 Å². The van der Waals surface area contributed by atoms with Gasteiger partial charge in [0.05, 0.1) is 25.2 Å². The maximum Gasteiger partial charge on any atom is 0.254 e. The molecule has 1 heterocycles. The number of aryl methyl sites for hydroxylation is 1. The number of allylic oxidation sites excluding steroid dienone is 2. The highest BCUT2D eigenvalue weighted by Crippen LogP contribution is 2.52. The number of imide groups is 1. The van der Waals surface area contributed by atoms with E-state index in [1.807, 2.05) is 18.2 Å². The van der Waals surface area contributed by atoms with Crippen molar-refractivity contribution in [2.75, 3.05) is 0 Å². The van der Waals surface area contributed by atoms with Crippen LogP contribution in [0.2, 0.25) is 0 Å². The van der Waals surface area contributed by atoms with Gasteiger partial charge >= 0.3 is 0 Å². The van der Waals surface area contributed by atoms with Gasteiger partial charge in [-0.25, -0.2) is 0 Å². The van der Waals surface area contributed by atoms with E-state index in [0.29, 0.717) is 6.61 Å². The van der Waals surface area contributed by atoms with Crippen molar-refractivity contribution in [3.8, 4) is 5.75 Å². The van der Waals surface area contributed by atoms with E-state index in [4.69, 9.17) is 4.74 Å². The Balaban J connectivity index is 1.31. The van der Waals surface area contributed by atoms with Crippen molar-refractivity contribution in [2.45, 2.75) is 20.0 Å². The van der Waals surface area contributed by atoms with E-state index in [1.54, 1.807) is 6.21 Å². The standard InChI is InChI=1S/C24H20I2N2O3/c1-13-3-2-4-14(7-13)12-31-22-18(25)8-15(9-19(22)26)11-27-28-23(29)20-16-5-6-17(10-16)21(20)24(28)30/h2-9,11,16-17,20-21H,10,12H2,1H3/t16-,17-,20-,21+/m0/s1. The summed E-state index contributed by atoms with van der Waals surface area (Å²) < 4.78 is 7.98. The van der Waals surface area contributed by atoms with E-state index in [0.717, 1.165) is 35.4 Å². The van der Waals surface area contributed by atoms with E-state index in [1.165, 1.54) is 5.56 Å². The first-order valence-electron chi connectivity index (χ1n) is 10.2. The van der Waals surface area contributed by atoms with Crippen molar-refractivity contribution >= 4 is 63.2 Å². The van der Waals surface area contributed by atoms with Gasteiger partial charge in [0.25, 0.3) is 11.8 Å². The Morgan fingerprint density at radius 3 is 2.32 bits per heavy atom. The molecule has 2 aliphatic carbocycles. The van der Waals surface area contributed by atoms with Gasteiger partial charge in [-0.05, 0) is 93.6 Å². The predicted molar refractivity (Wildman–Crippen MR) is 135 cm³/mol. The van der Waals surface area contributed by atoms with Gasteiger partial charge in [0, 0.05) is 0 Å². The minimum absolute atomic E-state index is 0.161. The first-order chi connectivity index (χ1) is 14.9. The molecule has 1 saturated carbocycles. The molecule has 0 radical (unpaired) electrons. The summed E-state index contributed by atoms with van der Waals surface area (Å²) >= 11 is 4.49. The molecule has 31 heavy (non-hydrogen) atoms. The Bertz CT molecular complexity index is 1090. The number of hydrogen-bond donors (Lipinski definition) is 0. The van der Waals surface area contributed by atoms with Crippen LogP contribution in [0.25, 0.3) is 0 Å². The van der Waals surface area contributed by atoms with Gasteiger partial charge in [-0.2, -0.15) is 10.1 Å². The molecule has 2 aromatic rings. The van der Waals surface area contributed by atoms with Crippen LogP contribution in [0.5, 0.6) is 5.75 Å². The molecular formula is C24H20I2N2O3. The molecule has 5 rings (SSSR count). The molecule has 0 spiro atoms. The number of fused-ring (bicyclic) bond motifs is 5. The lowest BCUT2D eigenvalue weighted by atomic mass is 9.85. The molecule has 0 N–H and O–H groups in total. The summed E-state index contributed by atoms with van der Waals surface area (Å²) in [6.07, 6.45) is 6.69. The lowest BCUT2D eigenvalue weighted by Crippen LogP contribution is -2.28. The summed E-state index contributed by atoms with van der Waals surface area (Å²) in [5.41, 5.74) is 3.16. The summed E-state index contributed by atoms with van der Waals surface area (Å²) in [5, 5.41) is 5.37. The highest BCUT2D eigenvalue weighted by Gasteiger charge is 2.59. The predicted octanol–water partition coefficient (Wildman–Crippen LogP) is 4.92. The Labute approximate surface area is 208 Å². The summed E-state index contributed by atoms with van der Waals surface area (Å²) in [5.74, 6) is 0.438. The maximum atomic E-state index is 12.8. The number of nitrogens with zero attached hydrogens (tertiary/aromatic N) is 2. The van der Waals surface area contributed by atoms with Crippen LogP contribution in [0.4, 0.5) is 0 Å². The monoisotopic (exact) mass is 638 g/mol. The molecule has 2 bridgehead atoms. The summed E-state index contributed by atoms with van der Waals surface area (Å²) in [6, 6.07) is 12.2. The van der Waals surface area contributed by atoms with Gasteiger partial charge in [-0.15, -0.1) is 0 Å². The molecule has 2 fully saturated rings. The number of carbonyl (C=O) groups is 2. The minimum Gasteiger partial charge on any atom is -0.487 e. The van der Waals surface area contributed by atoms with E-state index >= 15 is 0 Å². The average Bonchev–Trinajstić information content (AvgIpc) is 3.40. The number of amides is 2. The van der Waals surface area contributed by atoms with Crippen LogP contribution in [-0.2, 0) is 16.2 Å². The highest BCUT2D eigenvalue weighted by atomic mass is 127. The second kappa shape index (κ2) is 8.31. The molecule has 1 saturated heterocycles. The van der Waals surface area contributed by atoms with Crippen molar-refractivity contribution in [2.24, 2.45) is 28.8 Å². The Hall–Kier alpha value is -1.75. The van der Waals surface area contributed by atoms with Gasteiger partial charge in [0.2, 0.25) is 0 Å². The molecule has 3 aliphatic rings. The zero-order valence-electron chi connectivity index (χ0n) is 16.8. The molecule has 158 valence electrons. The molecule has 0 unspecified atom stereocenters. The summed E-state index contributed by atoms with van der Waals surface area (Å²) in [7, 11) is 0. The number of benzene rings is 2. The second-order valence-electron chi connectivity index (χ2n) is 8.32. The van der Waals surface area contributed by atoms with Gasteiger partial charge in [0.15, 0.2) is 0 Å². The van der Waals surface area contributed by atoms with Crippen molar-refractivity contribution < 1.29 is 14.3 Å². The van der Waals surface area contributed by atoms with Crippen molar-refractivity contribution in [3.05, 3.63) is 72.4 Å². The minimum atomic E-state index is -0.225. The fourth-order valence-electron chi connectivity index (χ4n) is 4.87. The number of rotatable bonds is 5. The quantitative estimate of drug-likeness (QED) is 0.202. The number of ether oxygens (including phenoxy) is 1. The normalized spacial score (nSPS) is 26.4. The van der Waals surface area contributed by atoms with Crippen LogP contribution in [0.15, 0.2) is 53.7 Å². The van der Waals surface area contributed by atoms with Gasteiger partial charge in [-0.1, -0.05) is 42.0 Å². The van der Waals surface area contributed by atoms with Crippen LogP contribution >= 0.6 is 45.2 Å². The third-order valence-electron chi connectivity index (χ3n) is 6.26. The van der Waals surface area contributed by atoms with Crippen LogP contribution < -0.4 is 4.74 Å². The summed E-state index contributed by atoms with van der Waals surface area (Å²) in [4.78, 5) is 25.5. The van der Waals surface area contributed by atoms with Gasteiger partial charge in [-0.3, -0.25) is 9.59 Å². The maximum absolute atomic E-state index is 12.8. The molecular weight excluding hydrogens is 618 g/mol. The molecule has 1 aliphatic heterocycles. The SMILES string of the molecule is Cc1cccc(COc2c(I)cc(C=NN3C(=O)[C@@H]4[C@H](C3=O)[C@H]3C=C[C@H]4C3)cc2I)c1. The van der Waals surface area contributed by atoms with Crippen LogP contribution in [0.3, 0.4) is 0 Å². The fourth-order valence-corrected chi connectivity index (χ4v) is 7.00. The van der Waals surface area contributed by atoms with Crippen molar-refractivity contribution in [1.29, 1.82) is 0 Å². The lowest BCUT2D eigenvalue weighted by molar-refractivity contribution is -0.140. The first kappa shape index (κ1) is 21.1. The zero-order valence-corrected chi connectivity index (χ0v) is 21.1. The lowest BCUT2D eigenvalue weighted by Gasteiger charge is -2.13. The van der Waals surface area contributed by atoms with Crippen molar-refractivity contribution in [1.82, 2.24) is 5.01 Å². The zero-order chi connectivity index (χ0) is 21.7. The van der Waals surface area contributed by atoms with E-state index < -0.39 is 0 Å². The van der Waals surface area contributed by atoms with Crippen LogP contribution in [0.1, 0.15) is 23.1 Å². The molecule has 0 aromatic heterocycles. The Morgan fingerprint density at radius 2 is 1.71 bits per heavy atom. The van der Waals surface area contributed by atoms with Crippen molar-refractivity contribution in [3.63, 3.8) is 0 Å².